The summed E-state index contributed by atoms with van der Waals surface area (Å²) in [5.41, 5.74) is 1.75. The van der Waals surface area contributed by atoms with Gasteiger partial charge in [0.15, 0.2) is 6.10 Å². The van der Waals surface area contributed by atoms with Gasteiger partial charge in [-0.05, 0) is 43.2 Å². The molecule has 2 aromatic carbocycles. The van der Waals surface area contributed by atoms with E-state index in [-0.39, 0.29) is 0 Å². The van der Waals surface area contributed by atoms with Gasteiger partial charge in [0.2, 0.25) is 5.91 Å². The van der Waals surface area contributed by atoms with Crippen LogP contribution in [-0.4, -0.2) is 37.0 Å². The van der Waals surface area contributed by atoms with Crippen molar-refractivity contribution in [3.8, 4) is 5.75 Å². The highest BCUT2D eigenvalue weighted by Crippen LogP contribution is 2.12. The lowest BCUT2D eigenvalue weighted by atomic mass is 10.2. The SMILES string of the molecule is COc1ccc(C=CC(=O)NC(C)C(=O)OC(C)C(=O)NCc2ccccc2)cc1. The molecule has 0 bridgehead atoms. The van der Waals surface area contributed by atoms with Crippen LogP contribution in [0.1, 0.15) is 25.0 Å². The van der Waals surface area contributed by atoms with Gasteiger partial charge in [-0.1, -0.05) is 42.5 Å². The van der Waals surface area contributed by atoms with Gasteiger partial charge in [0.25, 0.3) is 5.91 Å². The number of ether oxygens (including phenoxy) is 2. The zero-order valence-corrected chi connectivity index (χ0v) is 17.3. The molecule has 2 unspecified atom stereocenters. The molecule has 0 saturated carbocycles. The number of carbonyl (C=O) groups is 3. The van der Waals surface area contributed by atoms with E-state index < -0.39 is 29.9 Å². The molecule has 2 N–H and O–H groups in total. The number of hydrogen-bond donors (Lipinski definition) is 2. The number of esters is 1. The number of nitrogens with one attached hydrogen (secondary N) is 2. The minimum Gasteiger partial charge on any atom is -0.497 e. The van der Waals surface area contributed by atoms with Crippen molar-refractivity contribution in [1.82, 2.24) is 10.6 Å². The summed E-state index contributed by atoms with van der Waals surface area (Å²) in [6.07, 6.45) is 1.96. The van der Waals surface area contributed by atoms with E-state index in [1.165, 1.54) is 19.9 Å². The first kappa shape index (κ1) is 22.7. The Bertz CT molecular complexity index is 878. The standard InChI is InChI=1S/C23H26N2O5/c1-16(25-21(26)14-11-18-9-12-20(29-3)13-10-18)23(28)30-17(2)22(27)24-15-19-7-5-4-6-8-19/h4-14,16-17H,15H2,1-3H3,(H,24,27)(H,25,26). The number of benzene rings is 2. The van der Waals surface area contributed by atoms with Crippen molar-refractivity contribution in [2.45, 2.75) is 32.5 Å². The molecule has 0 heterocycles. The lowest BCUT2D eigenvalue weighted by Crippen LogP contribution is -2.43. The molecule has 0 aliphatic rings. The molecule has 0 aliphatic carbocycles. The Hall–Kier alpha value is -3.61. The van der Waals surface area contributed by atoms with Crippen LogP contribution in [0.3, 0.4) is 0 Å². The van der Waals surface area contributed by atoms with Crippen molar-refractivity contribution in [3.05, 3.63) is 71.8 Å². The van der Waals surface area contributed by atoms with E-state index in [0.29, 0.717) is 6.54 Å². The van der Waals surface area contributed by atoms with Crippen molar-refractivity contribution in [3.63, 3.8) is 0 Å². The second-order valence-electron chi connectivity index (χ2n) is 6.62. The quantitative estimate of drug-likeness (QED) is 0.489. The van der Waals surface area contributed by atoms with E-state index in [1.54, 1.807) is 37.5 Å². The van der Waals surface area contributed by atoms with Crippen LogP contribution in [-0.2, 0) is 25.7 Å². The Kier molecular flexibility index (Phi) is 8.62. The molecule has 7 nitrogen and oxygen atoms in total. The first-order chi connectivity index (χ1) is 14.4. The minimum absolute atomic E-state index is 0.337. The molecule has 0 saturated heterocycles. The Morgan fingerprint density at radius 2 is 1.67 bits per heavy atom. The summed E-state index contributed by atoms with van der Waals surface area (Å²) in [5.74, 6) is -0.833. The van der Waals surface area contributed by atoms with Crippen LogP contribution in [0.5, 0.6) is 5.75 Å². The van der Waals surface area contributed by atoms with Gasteiger partial charge in [-0.2, -0.15) is 0 Å². The molecular formula is C23H26N2O5. The predicted molar refractivity (Wildman–Crippen MR) is 113 cm³/mol. The summed E-state index contributed by atoms with van der Waals surface area (Å²) in [7, 11) is 1.58. The molecule has 0 spiro atoms. The van der Waals surface area contributed by atoms with E-state index >= 15 is 0 Å². The third-order valence-corrected chi connectivity index (χ3v) is 4.23. The number of amides is 2. The Labute approximate surface area is 176 Å². The van der Waals surface area contributed by atoms with Gasteiger partial charge in [0.1, 0.15) is 11.8 Å². The molecule has 158 valence electrons. The molecule has 7 heteroatoms. The first-order valence-corrected chi connectivity index (χ1v) is 9.54. The van der Waals surface area contributed by atoms with Crippen molar-refractivity contribution in [1.29, 1.82) is 0 Å². The maximum atomic E-state index is 12.2. The van der Waals surface area contributed by atoms with E-state index in [9.17, 15) is 14.4 Å². The van der Waals surface area contributed by atoms with E-state index in [0.717, 1.165) is 16.9 Å². The van der Waals surface area contributed by atoms with Crippen molar-refractivity contribution < 1.29 is 23.9 Å². The number of methoxy groups -OCH3 is 1. The van der Waals surface area contributed by atoms with E-state index in [1.807, 2.05) is 30.3 Å². The van der Waals surface area contributed by atoms with Crippen LogP contribution in [0.2, 0.25) is 0 Å². The first-order valence-electron chi connectivity index (χ1n) is 9.54. The molecule has 2 aromatic rings. The fourth-order valence-electron chi connectivity index (χ4n) is 2.47. The van der Waals surface area contributed by atoms with Gasteiger partial charge in [0, 0.05) is 12.6 Å². The molecular weight excluding hydrogens is 384 g/mol. The highest BCUT2D eigenvalue weighted by atomic mass is 16.5. The van der Waals surface area contributed by atoms with Crippen LogP contribution in [0.25, 0.3) is 6.08 Å². The average molecular weight is 410 g/mol. The number of hydrogen-bond acceptors (Lipinski definition) is 5. The fraction of sp³-hybridized carbons (Fsp3) is 0.261. The predicted octanol–water partition coefficient (Wildman–Crippen LogP) is 2.46. The third kappa shape index (κ3) is 7.43. The molecule has 0 aromatic heterocycles. The second kappa shape index (κ2) is 11.4. The van der Waals surface area contributed by atoms with Crippen molar-refractivity contribution >= 4 is 23.9 Å². The highest BCUT2D eigenvalue weighted by Gasteiger charge is 2.22. The van der Waals surface area contributed by atoms with Crippen LogP contribution in [0.15, 0.2) is 60.7 Å². The van der Waals surface area contributed by atoms with Crippen molar-refractivity contribution in [2.75, 3.05) is 7.11 Å². The summed E-state index contributed by atoms with van der Waals surface area (Å²) in [5, 5.41) is 5.22. The average Bonchev–Trinajstić information content (AvgIpc) is 2.76. The Balaban J connectivity index is 1.77. The Morgan fingerprint density at radius 1 is 1.00 bits per heavy atom. The molecule has 2 rings (SSSR count). The smallest absolute Gasteiger partial charge is 0.329 e. The highest BCUT2D eigenvalue weighted by molar-refractivity contribution is 5.95. The molecule has 0 radical (unpaired) electrons. The molecule has 2 amide bonds. The van der Waals surface area contributed by atoms with Crippen LogP contribution < -0.4 is 15.4 Å². The normalized spacial score (nSPS) is 12.6. The maximum absolute atomic E-state index is 12.2. The topological polar surface area (TPSA) is 93.7 Å². The zero-order chi connectivity index (χ0) is 21.9. The number of carbonyl (C=O) groups excluding carboxylic acids is 3. The molecule has 30 heavy (non-hydrogen) atoms. The van der Waals surface area contributed by atoms with Gasteiger partial charge in [-0.15, -0.1) is 0 Å². The zero-order valence-electron chi connectivity index (χ0n) is 17.3. The number of rotatable bonds is 9. The fourth-order valence-corrected chi connectivity index (χ4v) is 2.47. The lowest BCUT2D eigenvalue weighted by Gasteiger charge is -2.17. The van der Waals surface area contributed by atoms with Gasteiger partial charge >= 0.3 is 5.97 Å². The largest absolute Gasteiger partial charge is 0.497 e. The summed E-state index contributed by atoms with van der Waals surface area (Å²) < 4.78 is 10.2. The summed E-state index contributed by atoms with van der Waals surface area (Å²) in [4.78, 5) is 36.3. The van der Waals surface area contributed by atoms with Gasteiger partial charge in [-0.3, -0.25) is 9.59 Å². The van der Waals surface area contributed by atoms with E-state index in [4.69, 9.17) is 9.47 Å². The van der Waals surface area contributed by atoms with Crippen molar-refractivity contribution in [2.24, 2.45) is 0 Å². The molecule has 0 fully saturated rings. The molecule has 0 aliphatic heterocycles. The maximum Gasteiger partial charge on any atom is 0.329 e. The van der Waals surface area contributed by atoms with Crippen LogP contribution >= 0.6 is 0 Å². The third-order valence-electron chi connectivity index (χ3n) is 4.23. The Morgan fingerprint density at radius 3 is 2.30 bits per heavy atom. The van der Waals surface area contributed by atoms with Gasteiger partial charge in [0.05, 0.1) is 7.11 Å². The molecule has 2 atom stereocenters. The van der Waals surface area contributed by atoms with Gasteiger partial charge < -0.3 is 20.1 Å². The summed E-state index contributed by atoms with van der Waals surface area (Å²) >= 11 is 0. The lowest BCUT2D eigenvalue weighted by molar-refractivity contribution is -0.157. The minimum atomic E-state index is -0.976. The van der Waals surface area contributed by atoms with E-state index in [2.05, 4.69) is 10.6 Å². The monoisotopic (exact) mass is 410 g/mol. The van der Waals surface area contributed by atoms with Crippen LogP contribution in [0, 0.1) is 0 Å². The summed E-state index contributed by atoms with van der Waals surface area (Å²) in [6, 6.07) is 15.7. The second-order valence-corrected chi connectivity index (χ2v) is 6.62. The summed E-state index contributed by atoms with van der Waals surface area (Å²) in [6.45, 7) is 3.32. The van der Waals surface area contributed by atoms with Crippen LogP contribution in [0.4, 0.5) is 0 Å². The van der Waals surface area contributed by atoms with Gasteiger partial charge in [-0.25, -0.2) is 4.79 Å².